The summed E-state index contributed by atoms with van der Waals surface area (Å²) in [6, 6.07) is 11.1. The first-order valence-corrected chi connectivity index (χ1v) is 8.90. The summed E-state index contributed by atoms with van der Waals surface area (Å²) in [5, 5.41) is 2.81. The summed E-state index contributed by atoms with van der Waals surface area (Å²) in [6.07, 6.45) is 4.96. The second kappa shape index (κ2) is 7.11. The van der Waals surface area contributed by atoms with Gasteiger partial charge in [-0.15, -0.1) is 0 Å². The number of benzene rings is 1. The zero-order valence-corrected chi connectivity index (χ0v) is 15.6. The average Bonchev–Trinajstić information content (AvgIpc) is 3.35. The number of imidazole rings is 1. The fourth-order valence-corrected chi connectivity index (χ4v) is 3.26. The van der Waals surface area contributed by atoms with Gasteiger partial charge in [-0.25, -0.2) is 4.79 Å². The van der Waals surface area contributed by atoms with E-state index in [-0.39, 0.29) is 11.6 Å². The van der Waals surface area contributed by atoms with E-state index in [1.807, 2.05) is 32.0 Å². The number of nitrogens with one attached hydrogen (secondary N) is 3. The van der Waals surface area contributed by atoms with Gasteiger partial charge in [0.15, 0.2) is 0 Å². The summed E-state index contributed by atoms with van der Waals surface area (Å²) in [7, 11) is 0. The van der Waals surface area contributed by atoms with Crippen molar-refractivity contribution in [1.29, 1.82) is 0 Å². The molecule has 7 nitrogen and oxygen atoms in total. The highest BCUT2D eigenvalue weighted by molar-refractivity contribution is 6.02. The van der Waals surface area contributed by atoms with Crippen molar-refractivity contribution in [3.63, 3.8) is 0 Å². The van der Waals surface area contributed by atoms with E-state index in [1.165, 1.54) is 6.08 Å². The number of H-pyrrole nitrogens is 2. The molecule has 3 heterocycles. The number of carbonyl (C=O) groups excluding carboxylic acids is 1. The fourth-order valence-electron chi connectivity index (χ4n) is 3.26. The average molecular weight is 376 g/mol. The van der Waals surface area contributed by atoms with Gasteiger partial charge < -0.3 is 24.3 Å². The monoisotopic (exact) mass is 376 g/mol. The summed E-state index contributed by atoms with van der Waals surface area (Å²) >= 11 is 0. The van der Waals surface area contributed by atoms with Crippen LogP contribution in [0.2, 0.25) is 0 Å². The van der Waals surface area contributed by atoms with Crippen molar-refractivity contribution in [2.75, 3.05) is 5.32 Å². The minimum Gasteiger partial charge on any atom is -0.467 e. The van der Waals surface area contributed by atoms with Crippen LogP contribution in [0.5, 0.6) is 0 Å². The van der Waals surface area contributed by atoms with E-state index in [9.17, 15) is 9.59 Å². The van der Waals surface area contributed by atoms with Gasteiger partial charge in [-0.3, -0.25) is 4.79 Å². The highest BCUT2D eigenvalue weighted by Gasteiger charge is 2.09. The topological polar surface area (TPSA) is 95.8 Å². The van der Waals surface area contributed by atoms with E-state index in [0.717, 1.165) is 22.7 Å². The molecule has 0 fully saturated rings. The SMILES string of the molecule is Cc1cc(C=CC(=O)Nc2ccc3[nH]c(=O)[nH]c3c2)c(C)n1Cc1ccco1. The number of hydrogen-bond donors (Lipinski definition) is 3. The van der Waals surface area contributed by atoms with Crippen LogP contribution in [0.4, 0.5) is 5.69 Å². The predicted molar refractivity (Wildman–Crippen MR) is 108 cm³/mol. The first-order valence-electron chi connectivity index (χ1n) is 8.90. The van der Waals surface area contributed by atoms with E-state index in [2.05, 4.69) is 19.9 Å². The molecule has 7 heteroatoms. The molecule has 0 aliphatic carbocycles. The van der Waals surface area contributed by atoms with Crippen molar-refractivity contribution in [1.82, 2.24) is 14.5 Å². The first-order chi connectivity index (χ1) is 13.5. The molecule has 28 heavy (non-hydrogen) atoms. The maximum Gasteiger partial charge on any atom is 0.323 e. The number of aromatic nitrogens is 3. The molecule has 0 bridgehead atoms. The third kappa shape index (κ3) is 3.55. The summed E-state index contributed by atoms with van der Waals surface area (Å²) in [4.78, 5) is 29.0. The van der Waals surface area contributed by atoms with Gasteiger partial charge in [-0.1, -0.05) is 0 Å². The molecule has 3 N–H and O–H groups in total. The van der Waals surface area contributed by atoms with Crippen LogP contribution in [0.3, 0.4) is 0 Å². The fraction of sp³-hybridized carbons (Fsp3) is 0.143. The van der Waals surface area contributed by atoms with Gasteiger partial charge in [0.05, 0.1) is 23.8 Å². The molecule has 3 aromatic heterocycles. The molecule has 0 aliphatic rings. The smallest absolute Gasteiger partial charge is 0.323 e. The lowest BCUT2D eigenvalue weighted by atomic mass is 10.2. The largest absolute Gasteiger partial charge is 0.467 e. The van der Waals surface area contributed by atoms with Crippen LogP contribution in [-0.2, 0) is 11.3 Å². The van der Waals surface area contributed by atoms with Crippen molar-refractivity contribution >= 4 is 28.7 Å². The number of carbonyl (C=O) groups is 1. The lowest BCUT2D eigenvalue weighted by molar-refractivity contribution is -0.111. The van der Waals surface area contributed by atoms with Crippen molar-refractivity contribution < 1.29 is 9.21 Å². The van der Waals surface area contributed by atoms with Crippen molar-refractivity contribution in [3.05, 3.63) is 81.9 Å². The zero-order valence-electron chi connectivity index (χ0n) is 15.6. The van der Waals surface area contributed by atoms with E-state index >= 15 is 0 Å². The lowest BCUT2D eigenvalue weighted by Crippen LogP contribution is -2.07. The molecule has 0 radical (unpaired) electrons. The Labute approximate surface area is 160 Å². The second-order valence-corrected chi connectivity index (χ2v) is 6.65. The number of rotatable bonds is 5. The van der Waals surface area contributed by atoms with Gasteiger partial charge >= 0.3 is 5.69 Å². The number of fused-ring (bicyclic) bond motifs is 1. The molecule has 0 spiro atoms. The number of amides is 1. The zero-order chi connectivity index (χ0) is 19.7. The van der Waals surface area contributed by atoms with E-state index in [4.69, 9.17) is 4.42 Å². The van der Waals surface area contributed by atoms with Gasteiger partial charge in [-0.05, 0) is 61.9 Å². The summed E-state index contributed by atoms with van der Waals surface area (Å²) in [5.74, 6) is 0.640. The van der Waals surface area contributed by atoms with Gasteiger partial charge in [0.25, 0.3) is 0 Å². The summed E-state index contributed by atoms with van der Waals surface area (Å²) < 4.78 is 7.57. The van der Waals surface area contributed by atoms with Crippen LogP contribution >= 0.6 is 0 Å². The number of anilines is 1. The highest BCUT2D eigenvalue weighted by Crippen LogP contribution is 2.19. The molecule has 142 valence electrons. The Morgan fingerprint density at radius 1 is 1.18 bits per heavy atom. The Bertz CT molecular complexity index is 1220. The van der Waals surface area contributed by atoms with E-state index < -0.39 is 0 Å². The Morgan fingerprint density at radius 2 is 2.00 bits per heavy atom. The summed E-state index contributed by atoms with van der Waals surface area (Å²) in [6.45, 7) is 4.70. The molecular formula is C21H20N4O3. The number of nitrogens with zero attached hydrogens (tertiary/aromatic N) is 1. The lowest BCUT2D eigenvalue weighted by Gasteiger charge is -2.07. The van der Waals surface area contributed by atoms with E-state index in [0.29, 0.717) is 23.3 Å². The standard InChI is InChI=1S/C21H20N4O3/c1-13-10-15(14(2)25(13)12-17-4-3-9-28-17)5-8-20(26)22-16-6-7-18-19(11-16)24-21(27)23-18/h3-11H,12H2,1-2H3,(H,22,26)(H2,23,24,27). The predicted octanol–water partition coefficient (Wildman–Crippen LogP) is 3.57. The van der Waals surface area contributed by atoms with Crippen molar-refractivity contribution in [3.8, 4) is 0 Å². The Kier molecular flexibility index (Phi) is 4.49. The molecule has 0 saturated carbocycles. The number of aryl methyl sites for hydroxylation is 1. The van der Waals surface area contributed by atoms with Crippen LogP contribution in [0, 0.1) is 13.8 Å². The van der Waals surface area contributed by atoms with Gasteiger partial charge in [-0.2, -0.15) is 0 Å². The molecule has 0 atom stereocenters. The van der Waals surface area contributed by atoms with Crippen molar-refractivity contribution in [2.24, 2.45) is 0 Å². The van der Waals surface area contributed by atoms with Crippen LogP contribution in [0.1, 0.15) is 22.7 Å². The Hall–Kier alpha value is -3.74. The normalized spacial score (nSPS) is 11.5. The van der Waals surface area contributed by atoms with Gasteiger partial charge in [0.1, 0.15) is 5.76 Å². The first kappa shape index (κ1) is 17.7. The van der Waals surface area contributed by atoms with Crippen LogP contribution in [0.15, 0.2) is 57.9 Å². The van der Waals surface area contributed by atoms with Gasteiger partial charge in [0, 0.05) is 23.2 Å². The summed E-state index contributed by atoms with van der Waals surface area (Å²) in [5.41, 5.74) is 4.81. The third-order valence-electron chi connectivity index (χ3n) is 4.70. The second-order valence-electron chi connectivity index (χ2n) is 6.65. The molecule has 4 rings (SSSR count). The number of furan rings is 1. The molecule has 4 aromatic rings. The van der Waals surface area contributed by atoms with Crippen LogP contribution in [0.25, 0.3) is 17.1 Å². The van der Waals surface area contributed by atoms with Crippen LogP contribution in [-0.4, -0.2) is 20.4 Å². The maximum atomic E-state index is 12.3. The number of hydrogen-bond acceptors (Lipinski definition) is 3. The molecule has 0 saturated heterocycles. The van der Waals surface area contributed by atoms with E-state index in [1.54, 1.807) is 30.5 Å². The molecule has 1 amide bonds. The van der Waals surface area contributed by atoms with Crippen LogP contribution < -0.4 is 11.0 Å². The minimum atomic E-state index is -0.275. The van der Waals surface area contributed by atoms with Gasteiger partial charge in [0.2, 0.25) is 5.91 Å². The quantitative estimate of drug-likeness (QED) is 0.465. The molecule has 0 unspecified atom stereocenters. The molecule has 0 aliphatic heterocycles. The number of aromatic amines is 2. The van der Waals surface area contributed by atoms with Crippen molar-refractivity contribution in [2.45, 2.75) is 20.4 Å². The minimum absolute atomic E-state index is 0.243. The molecule has 1 aromatic carbocycles. The molecular weight excluding hydrogens is 356 g/mol. The maximum absolute atomic E-state index is 12.3. The Morgan fingerprint density at radius 3 is 2.79 bits per heavy atom. The Balaban J connectivity index is 1.48. The highest BCUT2D eigenvalue weighted by atomic mass is 16.3. The third-order valence-corrected chi connectivity index (χ3v) is 4.70.